The Morgan fingerprint density at radius 3 is 2.48 bits per heavy atom. The Balaban J connectivity index is 1.69. The van der Waals surface area contributed by atoms with Crippen LogP contribution in [0.4, 0.5) is 4.39 Å². The Labute approximate surface area is 169 Å². The highest BCUT2D eigenvalue weighted by Gasteiger charge is 2.18. The zero-order chi connectivity index (χ0) is 20.6. The van der Waals surface area contributed by atoms with Gasteiger partial charge in [-0.05, 0) is 30.7 Å². The van der Waals surface area contributed by atoms with Crippen molar-refractivity contribution in [3.63, 3.8) is 0 Å². The molecule has 0 atom stereocenters. The van der Waals surface area contributed by atoms with Gasteiger partial charge in [0, 0.05) is 37.0 Å². The van der Waals surface area contributed by atoms with Crippen LogP contribution in [0, 0.1) is 5.82 Å². The van der Waals surface area contributed by atoms with Gasteiger partial charge in [-0.25, -0.2) is 4.39 Å². The Hall–Kier alpha value is -3.54. The number of amides is 2. The molecular formula is C23H22FN3O2. The van der Waals surface area contributed by atoms with Crippen molar-refractivity contribution in [3.8, 4) is 0 Å². The van der Waals surface area contributed by atoms with Gasteiger partial charge in [0.2, 0.25) is 0 Å². The molecule has 1 aromatic heterocycles. The zero-order valence-electron chi connectivity index (χ0n) is 16.1. The number of nitrogens with zero attached hydrogens (tertiary/aromatic N) is 2. The minimum atomic E-state index is -0.393. The number of nitrogens with one attached hydrogen (secondary N) is 1. The number of carbonyl (C=O) groups is 2. The van der Waals surface area contributed by atoms with Gasteiger partial charge in [0.1, 0.15) is 11.5 Å². The maximum Gasteiger partial charge on any atom is 0.272 e. The number of carbonyl (C=O) groups excluding carboxylic acids is 2. The van der Waals surface area contributed by atoms with Crippen molar-refractivity contribution < 1.29 is 14.0 Å². The maximum absolute atomic E-state index is 13.7. The van der Waals surface area contributed by atoms with E-state index < -0.39 is 5.91 Å². The molecule has 0 saturated heterocycles. The molecule has 0 unspecified atom stereocenters. The molecule has 1 heterocycles. The van der Waals surface area contributed by atoms with Gasteiger partial charge in [-0.1, -0.05) is 48.5 Å². The van der Waals surface area contributed by atoms with Gasteiger partial charge in [0.15, 0.2) is 0 Å². The molecule has 2 amide bonds. The van der Waals surface area contributed by atoms with Gasteiger partial charge in [-0.15, -0.1) is 0 Å². The molecule has 29 heavy (non-hydrogen) atoms. The summed E-state index contributed by atoms with van der Waals surface area (Å²) in [5.74, 6) is -1.02. The summed E-state index contributed by atoms with van der Waals surface area (Å²) in [6.45, 7) is 2.93. The second-order valence-corrected chi connectivity index (χ2v) is 6.51. The van der Waals surface area contributed by atoms with Crippen molar-refractivity contribution in [2.24, 2.45) is 0 Å². The van der Waals surface area contributed by atoms with Crippen LogP contribution in [0.1, 0.15) is 38.9 Å². The lowest BCUT2D eigenvalue weighted by Gasteiger charge is -2.20. The topological polar surface area (TPSA) is 62.3 Å². The van der Waals surface area contributed by atoms with Gasteiger partial charge >= 0.3 is 0 Å². The molecular weight excluding hydrogens is 369 g/mol. The summed E-state index contributed by atoms with van der Waals surface area (Å²) in [5.41, 5.74) is 1.91. The summed E-state index contributed by atoms with van der Waals surface area (Å²) >= 11 is 0. The fourth-order valence-electron chi connectivity index (χ4n) is 2.90. The van der Waals surface area contributed by atoms with Crippen molar-refractivity contribution in [1.82, 2.24) is 15.2 Å². The predicted molar refractivity (Wildman–Crippen MR) is 109 cm³/mol. The average molecular weight is 391 g/mol. The fraction of sp³-hybridized carbons (Fsp3) is 0.174. The first kappa shape index (κ1) is 20.2. The highest BCUT2D eigenvalue weighted by atomic mass is 19.1. The largest absolute Gasteiger partial charge is 0.348 e. The van der Waals surface area contributed by atoms with Crippen molar-refractivity contribution in [3.05, 3.63) is 101 Å². The lowest BCUT2D eigenvalue weighted by molar-refractivity contribution is 0.0746. The SMILES string of the molecule is CCN(Cc1ccccc1)C(=O)c1cc(C(=O)NCc2ccccc2F)ccn1. The first-order chi connectivity index (χ1) is 14.1. The molecule has 5 nitrogen and oxygen atoms in total. The minimum absolute atomic E-state index is 0.0617. The van der Waals surface area contributed by atoms with E-state index in [4.69, 9.17) is 0 Å². The molecule has 3 aromatic rings. The number of rotatable bonds is 7. The first-order valence-corrected chi connectivity index (χ1v) is 9.39. The summed E-state index contributed by atoms with van der Waals surface area (Å²) in [7, 11) is 0. The summed E-state index contributed by atoms with van der Waals surface area (Å²) in [5, 5.41) is 2.67. The summed E-state index contributed by atoms with van der Waals surface area (Å²) in [4.78, 5) is 31.1. The van der Waals surface area contributed by atoms with Crippen LogP contribution in [-0.4, -0.2) is 28.2 Å². The molecule has 0 bridgehead atoms. The molecule has 3 rings (SSSR count). The average Bonchev–Trinajstić information content (AvgIpc) is 2.77. The maximum atomic E-state index is 13.7. The van der Waals surface area contributed by atoms with Crippen molar-refractivity contribution in [1.29, 1.82) is 0 Å². The van der Waals surface area contributed by atoms with Crippen LogP contribution in [0.15, 0.2) is 72.9 Å². The van der Waals surface area contributed by atoms with Crippen molar-refractivity contribution >= 4 is 11.8 Å². The van der Waals surface area contributed by atoms with Gasteiger partial charge in [-0.3, -0.25) is 14.6 Å². The van der Waals surface area contributed by atoms with Crippen molar-refractivity contribution in [2.75, 3.05) is 6.54 Å². The van der Waals surface area contributed by atoms with Crippen LogP contribution in [0.5, 0.6) is 0 Å². The van der Waals surface area contributed by atoms with E-state index in [0.29, 0.717) is 24.2 Å². The summed E-state index contributed by atoms with van der Waals surface area (Å²) in [6.07, 6.45) is 1.43. The van der Waals surface area contributed by atoms with E-state index in [1.807, 2.05) is 37.3 Å². The van der Waals surface area contributed by atoms with Gasteiger partial charge in [0.05, 0.1) is 0 Å². The van der Waals surface area contributed by atoms with Crippen molar-refractivity contribution in [2.45, 2.75) is 20.0 Å². The summed E-state index contributed by atoms with van der Waals surface area (Å²) < 4.78 is 13.7. The zero-order valence-corrected chi connectivity index (χ0v) is 16.1. The first-order valence-electron chi connectivity index (χ1n) is 9.39. The number of hydrogen-bond donors (Lipinski definition) is 1. The van der Waals surface area contributed by atoms with E-state index in [0.717, 1.165) is 5.56 Å². The monoisotopic (exact) mass is 391 g/mol. The van der Waals surface area contributed by atoms with Gasteiger partial charge < -0.3 is 10.2 Å². The molecule has 6 heteroatoms. The second-order valence-electron chi connectivity index (χ2n) is 6.51. The number of pyridine rings is 1. The molecule has 1 N–H and O–H groups in total. The third kappa shape index (κ3) is 5.25. The predicted octanol–water partition coefficient (Wildman–Crippen LogP) is 3.81. The smallest absolute Gasteiger partial charge is 0.272 e. The number of hydrogen-bond acceptors (Lipinski definition) is 3. The van der Waals surface area contributed by atoms with Crippen LogP contribution >= 0.6 is 0 Å². The second kappa shape index (κ2) is 9.59. The highest BCUT2D eigenvalue weighted by molar-refractivity contribution is 5.98. The van der Waals surface area contributed by atoms with Gasteiger partial charge in [-0.2, -0.15) is 0 Å². The van der Waals surface area contributed by atoms with Crippen LogP contribution < -0.4 is 5.32 Å². The Morgan fingerprint density at radius 1 is 1.03 bits per heavy atom. The molecule has 0 fully saturated rings. The van der Waals surface area contributed by atoms with Crippen LogP contribution in [0.3, 0.4) is 0 Å². The van der Waals surface area contributed by atoms with E-state index in [-0.39, 0.29) is 24.0 Å². The van der Waals surface area contributed by atoms with Crippen LogP contribution in [0.25, 0.3) is 0 Å². The van der Waals surface area contributed by atoms with Crippen LogP contribution in [0.2, 0.25) is 0 Å². The Morgan fingerprint density at radius 2 is 1.76 bits per heavy atom. The molecule has 0 saturated carbocycles. The quantitative estimate of drug-likeness (QED) is 0.666. The third-order valence-electron chi connectivity index (χ3n) is 4.52. The normalized spacial score (nSPS) is 10.4. The van der Waals surface area contributed by atoms with E-state index in [1.165, 1.54) is 24.4 Å². The highest BCUT2D eigenvalue weighted by Crippen LogP contribution is 2.11. The lowest BCUT2D eigenvalue weighted by Crippen LogP contribution is -2.31. The number of halogens is 1. The Bertz CT molecular complexity index is 992. The molecule has 0 aliphatic carbocycles. The van der Waals surface area contributed by atoms with E-state index in [1.54, 1.807) is 23.1 Å². The molecule has 0 aliphatic heterocycles. The molecule has 0 radical (unpaired) electrons. The molecule has 148 valence electrons. The number of benzene rings is 2. The number of aromatic nitrogens is 1. The van der Waals surface area contributed by atoms with Gasteiger partial charge in [0.25, 0.3) is 11.8 Å². The van der Waals surface area contributed by atoms with Crippen LogP contribution in [-0.2, 0) is 13.1 Å². The lowest BCUT2D eigenvalue weighted by atomic mass is 10.1. The molecule has 0 aliphatic rings. The molecule has 0 spiro atoms. The van der Waals surface area contributed by atoms with E-state index in [2.05, 4.69) is 10.3 Å². The standard InChI is InChI=1S/C23H22FN3O2/c1-2-27(16-17-8-4-3-5-9-17)23(29)21-14-18(12-13-25-21)22(28)26-15-19-10-6-7-11-20(19)24/h3-14H,2,15-16H2,1H3,(H,26,28). The Kier molecular flexibility index (Phi) is 6.68. The van der Waals surface area contributed by atoms with E-state index in [9.17, 15) is 14.0 Å². The molecule has 2 aromatic carbocycles. The fourth-order valence-corrected chi connectivity index (χ4v) is 2.90. The van der Waals surface area contributed by atoms with E-state index >= 15 is 0 Å². The third-order valence-corrected chi connectivity index (χ3v) is 4.52. The minimum Gasteiger partial charge on any atom is -0.348 e. The summed E-state index contributed by atoms with van der Waals surface area (Å²) in [6, 6.07) is 18.9.